The maximum absolute atomic E-state index is 11.6. The molecule has 0 amide bonds. The molecule has 1 aromatic rings. The van der Waals surface area contributed by atoms with Crippen molar-refractivity contribution in [1.29, 1.82) is 0 Å². The molecule has 0 saturated heterocycles. The Balaban J connectivity index is 3.07. The summed E-state index contributed by atoms with van der Waals surface area (Å²) in [6, 6.07) is 4.56. The van der Waals surface area contributed by atoms with Crippen LogP contribution in [0.25, 0.3) is 0 Å². The van der Waals surface area contributed by atoms with Crippen molar-refractivity contribution in [2.24, 2.45) is 0 Å². The molecule has 4 nitrogen and oxygen atoms in total. The SMILES string of the molecule is CCCOc1cc(S(=O)(=O)CC)ccc1N. The number of rotatable bonds is 5. The van der Waals surface area contributed by atoms with Gasteiger partial charge in [0.15, 0.2) is 9.84 Å². The van der Waals surface area contributed by atoms with E-state index in [2.05, 4.69) is 0 Å². The first-order chi connectivity index (χ1) is 7.51. The second kappa shape index (κ2) is 5.21. The Hall–Kier alpha value is -1.23. The summed E-state index contributed by atoms with van der Waals surface area (Å²) >= 11 is 0. The van der Waals surface area contributed by atoms with Crippen molar-refractivity contribution in [1.82, 2.24) is 0 Å². The zero-order valence-corrected chi connectivity index (χ0v) is 10.4. The van der Waals surface area contributed by atoms with Gasteiger partial charge in [0.2, 0.25) is 0 Å². The maximum Gasteiger partial charge on any atom is 0.178 e. The molecular weight excluding hydrogens is 226 g/mol. The van der Waals surface area contributed by atoms with Crippen LogP contribution in [-0.4, -0.2) is 20.8 Å². The van der Waals surface area contributed by atoms with Gasteiger partial charge in [0.1, 0.15) is 5.75 Å². The third-order valence-corrected chi connectivity index (χ3v) is 3.92. The fourth-order valence-electron chi connectivity index (χ4n) is 1.21. The summed E-state index contributed by atoms with van der Waals surface area (Å²) in [6.45, 7) is 4.11. The van der Waals surface area contributed by atoms with Gasteiger partial charge in [-0.1, -0.05) is 13.8 Å². The van der Waals surface area contributed by atoms with E-state index >= 15 is 0 Å². The zero-order chi connectivity index (χ0) is 12.2. The van der Waals surface area contributed by atoms with Gasteiger partial charge >= 0.3 is 0 Å². The number of benzene rings is 1. The second-order valence-electron chi connectivity index (χ2n) is 3.45. The number of nitrogens with two attached hydrogens (primary N) is 1. The molecule has 0 aliphatic heterocycles. The van der Waals surface area contributed by atoms with Crippen molar-refractivity contribution in [3.05, 3.63) is 18.2 Å². The molecule has 0 atom stereocenters. The van der Waals surface area contributed by atoms with Gasteiger partial charge in [-0.3, -0.25) is 0 Å². The molecule has 0 heterocycles. The first kappa shape index (κ1) is 12.8. The first-order valence-corrected chi connectivity index (χ1v) is 6.91. The molecule has 0 saturated carbocycles. The second-order valence-corrected chi connectivity index (χ2v) is 5.73. The number of nitrogen functional groups attached to an aromatic ring is 1. The zero-order valence-electron chi connectivity index (χ0n) is 9.56. The number of hydrogen-bond acceptors (Lipinski definition) is 4. The molecule has 90 valence electrons. The third kappa shape index (κ3) is 2.88. The molecule has 0 aliphatic carbocycles. The predicted octanol–water partition coefficient (Wildman–Crippen LogP) is 1.85. The van der Waals surface area contributed by atoms with E-state index in [9.17, 15) is 8.42 Å². The van der Waals surface area contributed by atoms with Gasteiger partial charge in [-0.25, -0.2) is 8.42 Å². The highest BCUT2D eigenvalue weighted by Gasteiger charge is 2.13. The van der Waals surface area contributed by atoms with Crippen LogP contribution < -0.4 is 10.5 Å². The lowest BCUT2D eigenvalue weighted by molar-refractivity contribution is 0.318. The average molecular weight is 243 g/mol. The highest BCUT2D eigenvalue weighted by atomic mass is 32.2. The van der Waals surface area contributed by atoms with Crippen molar-refractivity contribution >= 4 is 15.5 Å². The molecular formula is C11H17NO3S. The Labute approximate surface area is 96.3 Å². The standard InChI is InChI=1S/C11H17NO3S/c1-3-7-15-11-8-9(5-6-10(11)12)16(13,14)4-2/h5-6,8H,3-4,7,12H2,1-2H3. The monoisotopic (exact) mass is 243 g/mol. The minimum Gasteiger partial charge on any atom is -0.491 e. The van der Waals surface area contributed by atoms with Crippen molar-refractivity contribution in [3.8, 4) is 5.75 Å². The van der Waals surface area contributed by atoms with Crippen LogP contribution in [-0.2, 0) is 9.84 Å². The van der Waals surface area contributed by atoms with Crippen LogP contribution in [0.15, 0.2) is 23.1 Å². The lowest BCUT2D eigenvalue weighted by Gasteiger charge is -2.09. The van der Waals surface area contributed by atoms with Crippen molar-refractivity contribution < 1.29 is 13.2 Å². The van der Waals surface area contributed by atoms with Gasteiger partial charge in [-0.15, -0.1) is 0 Å². The quantitative estimate of drug-likeness (QED) is 0.801. The number of anilines is 1. The fourth-order valence-corrected chi connectivity index (χ4v) is 2.11. The van der Waals surface area contributed by atoms with E-state index in [0.717, 1.165) is 6.42 Å². The van der Waals surface area contributed by atoms with E-state index in [1.807, 2.05) is 6.92 Å². The molecule has 0 bridgehead atoms. The van der Waals surface area contributed by atoms with Gasteiger partial charge in [-0.2, -0.15) is 0 Å². The predicted molar refractivity (Wildman–Crippen MR) is 64.4 cm³/mol. The molecule has 16 heavy (non-hydrogen) atoms. The Morgan fingerprint density at radius 1 is 1.31 bits per heavy atom. The number of hydrogen-bond donors (Lipinski definition) is 1. The van der Waals surface area contributed by atoms with Gasteiger partial charge in [0, 0.05) is 6.07 Å². The van der Waals surface area contributed by atoms with Crippen LogP contribution in [0.5, 0.6) is 5.75 Å². The Morgan fingerprint density at radius 2 is 2.00 bits per heavy atom. The van der Waals surface area contributed by atoms with E-state index < -0.39 is 9.84 Å². The van der Waals surface area contributed by atoms with Gasteiger partial charge in [0.05, 0.1) is 22.9 Å². The van der Waals surface area contributed by atoms with Crippen molar-refractivity contribution in [2.75, 3.05) is 18.1 Å². The largest absolute Gasteiger partial charge is 0.491 e. The summed E-state index contributed by atoms with van der Waals surface area (Å²) in [5, 5.41) is 0. The summed E-state index contributed by atoms with van der Waals surface area (Å²) in [4.78, 5) is 0.260. The smallest absolute Gasteiger partial charge is 0.178 e. The molecule has 5 heteroatoms. The third-order valence-electron chi connectivity index (χ3n) is 2.19. The topological polar surface area (TPSA) is 69.4 Å². The van der Waals surface area contributed by atoms with E-state index in [1.165, 1.54) is 12.1 Å². The van der Waals surface area contributed by atoms with Gasteiger partial charge < -0.3 is 10.5 Å². The molecule has 0 spiro atoms. The van der Waals surface area contributed by atoms with E-state index in [-0.39, 0.29) is 10.6 Å². The Bertz CT molecular complexity index is 454. The van der Waals surface area contributed by atoms with Crippen LogP contribution in [0.1, 0.15) is 20.3 Å². The Morgan fingerprint density at radius 3 is 2.56 bits per heavy atom. The lowest BCUT2D eigenvalue weighted by atomic mass is 10.3. The Kier molecular flexibility index (Phi) is 4.18. The number of ether oxygens (including phenoxy) is 1. The summed E-state index contributed by atoms with van der Waals surface area (Å²) < 4.78 is 28.7. The van der Waals surface area contributed by atoms with Crippen molar-refractivity contribution in [2.45, 2.75) is 25.2 Å². The molecule has 1 aromatic carbocycles. The van der Waals surface area contributed by atoms with Crippen LogP contribution in [0.4, 0.5) is 5.69 Å². The van der Waals surface area contributed by atoms with E-state index in [0.29, 0.717) is 18.0 Å². The summed E-state index contributed by atoms with van der Waals surface area (Å²) in [6.07, 6.45) is 0.851. The minimum atomic E-state index is -3.20. The van der Waals surface area contributed by atoms with Crippen LogP contribution in [0.3, 0.4) is 0 Å². The van der Waals surface area contributed by atoms with E-state index in [1.54, 1.807) is 13.0 Å². The van der Waals surface area contributed by atoms with E-state index in [4.69, 9.17) is 10.5 Å². The number of sulfone groups is 1. The van der Waals surface area contributed by atoms with Gasteiger partial charge in [-0.05, 0) is 18.6 Å². The molecule has 0 radical (unpaired) electrons. The highest BCUT2D eigenvalue weighted by molar-refractivity contribution is 7.91. The normalized spacial score (nSPS) is 11.4. The first-order valence-electron chi connectivity index (χ1n) is 5.26. The molecule has 0 aliphatic rings. The maximum atomic E-state index is 11.6. The molecule has 0 fully saturated rings. The molecule has 2 N–H and O–H groups in total. The highest BCUT2D eigenvalue weighted by Crippen LogP contribution is 2.25. The minimum absolute atomic E-state index is 0.0735. The van der Waals surface area contributed by atoms with Gasteiger partial charge in [0.25, 0.3) is 0 Å². The summed E-state index contributed by atoms with van der Waals surface area (Å²) in [7, 11) is -3.20. The fraction of sp³-hybridized carbons (Fsp3) is 0.455. The molecule has 0 unspecified atom stereocenters. The molecule has 1 rings (SSSR count). The summed E-state index contributed by atoms with van der Waals surface area (Å²) in [5.41, 5.74) is 6.16. The van der Waals surface area contributed by atoms with Crippen LogP contribution in [0, 0.1) is 0 Å². The molecule has 0 aromatic heterocycles. The lowest BCUT2D eigenvalue weighted by Crippen LogP contribution is -2.05. The summed E-state index contributed by atoms with van der Waals surface area (Å²) in [5.74, 6) is 0.515. The van der Waals surface area contributed by atoms with Crippen LogP contribution in [0.2, 0.25) is 0 Å². The van der Waals surface area contributed by atoms with Crippen LogP contribution >= 0.6 is 0 Å². The van der Waals surface area contributed by atoms with Crippen molar-refractivity contribution in [3.63, 3.8) is 0 Å². The average Bonchev–Trinajstić information content (AvgIpc) is 2.27.